The Bertz CT molecular complexity index is 905. The fourth-order valence-electron chi connectivity index (χ4n) is 2.89. The number of aromatic nitrogens is 1. The van der Waals surface area contributed by atoms with Gasteiger partial charge in [0.2, 0.25) is 5.88 Å². The zero-order chi connectivity index (χ0) is 17.1. The first-order chi connectivity index (χ1) is 12.4. The van der Waals surface area contributed by atoms with E-state index >= 15 is 0 Å². The number of anilines is 2. The van der Waals surface area contributed by atoms with E-state index < -0.39 is 0 Å². The Balaban J connectivity index is 1.87. The van der Waals surface area contributed by atoms with Crippen LogP contribution in [0.15, 0.2) is 66.7 Å². The number of fused-ring (bicyclic) bond motifs is 1. The van der Waals surface area contributed by atoms with Crippen molar-refractivity contribution in [3.8, 4) is 5.88 Å². The highest BCUT2D eigenvalue weighted by Gasteiger charge is 2.23. The number of ether oxygens (including phenoxy) is 1. The molecule has 0 saturated carbocycles. The summed E-state index contributed by atoms with van der Waals surface area (Å²) >= 11 is 0. The van der Waals surface area contributed by atoms with Crippen LogP contribution >= 0.6 is 0 Å². The number of hydrogen-bond donors (Lipinski definition) is 2. The summed E-state index contributed by atoms with van der Waals surface area (Å²) in [6.07, 6.45) is 2.90. The van der Waals surface area contributed by atoms with Crippen LogP contribution in [0.3, 0.4) is 0 Å². The third-order valence-electron chi connectivity index (χ3n) is 4.02. The predicted octanol–water partition coefficient (Wildman–Crippen LogP) is 4.64. The Morgan fingerprint density at radius 3 is 2.08 bits per heavy atom. The quantitative estimate of drug-likeness (QED) is 0.732. The minimum atomic E-state index is 0.549. The topological polar surface area (TPSA) is 46.2 Å². The zero-order valence-corrected chi connectivity index (χ0v) is 13.9. The standard InChI is InChI=1S/C21H18N3O/c1-2-25-21-20-17(13-14-22-21)23-18(15-9-5-3-6-10-15)19(24-20)16-11-7-4-8-12-16/h3-13,23-24H,2H2,1H3. The van der Waals surface area contributed by atoms with E-state index in [1.165, 1.54) is 0 Å². The van der Waals surface area contributed by atoms with Crippen molar-refractivity contribution in [2.75, 3.05) is 17.2 Å². The lowest BCUT2D eigenvalue weighted by Crippen LogP contribution is -2.16. The number of nitrogens with one attached hydrogen (secondary N) is 2. The average molecular weight is 328 g/mol. The molecule has 0 fully saturated rings. The summed E-state index contributed by atoms with van der Waals surface area (Å²) in [4.78, 5) is 4.24. The molecular weight excluding hydrogens is 310 g/mol. The molecule has 4 rings (SSSR count). The lowest BCUT2D eigenvalue weighted by atomic mass is 10.0. The van der Waals surface area contributed by atoms with Gasteiger partial charge in [-0.25, -0.2) is 4.98 Å². The number of hydrogen-bond acceptors (Lipinski definition) is 4. The molecule has 0 spiro atoms. The Morgan fingerprint density at radius 2 is 1.48 bits per heavy atom. The molecule has 0 saturated heterocycles. The van der Waals surface area contributed by atoms with E-state index in [1.807, 2.05) is 49.4 Å². The first-order valence-corrected chi connectivity index (χ1v) is 8.30. The number of benzene rings is 2. The maximum absolute atomic E-state index is 5.66. The molecule has 1 aliphatic heterocycles. The van der Waals surface area contributed by atoms with Gasteiger partial charge in [-0.2, -0.15) is 0 Å². The van der Waals surface area contributed by atoms with Crippen molar-refractivity contribution in [2.45, 2.75) is 6.92 Å². The van der Waals surface area contributed by atoms with Gasteiger partial charge in [0.05, 0.1) is 29.9 Å². The van der Waals surface area contributed by atoms with Gasteiger partial charge in [-0.1, -0.05) is 60.7 Å². The molecule has 2 N–H and O–H groups in total. The van der Waals surface area contributed by atoms with Crippen LogP contribution in [0, 0.1) is 6.20 Å². The second kappa shape index (κ2) is 6.69. The van der Waals surface area contributed by atoms with Gasteiger partial charge in [0.25, 0.3) is 0 Å². The van der Waals surface area contributed by atoms with Crippen LogP contribution in [-0.4, -0.2) is 11.6 Å². The fraction of sp³-hybridized carbons (Fsp3) is 0.0952. The minimum Gasteiger partial charge on any atom is -0.476 e. The monoisotopic (exact) mass is 328 g/mol. The predicted molar refractivity (Wildman–Crippen MR) is 101 cm³/mol. The molecule has 4 heteroatoms. The van der Waals surface area contributed by atoms with Gasteiger partial charge in [0.15, 0.2) is 0 Å². The van der Waals surface area contributed by atoms with E-state index in [-0.39, 0.29) is 0 Å². The molecule has 0 atom stereocenters. The molecule has 4 nitrogen and oxygen atoms in total. The Kier molecular flexibility index (Phi) is 4.09. The fourth-order valence-corrected chi connectivity index (χ4v) is 2.89. The zero-order valence-electron chi connectivity index (χ0n) is 13.9. The van der Waals surface area contributed by atoms with E-state index in [0.717, 1.165) is 33.9 Å². The molecule has 0 amide bonds. The third kappa shape index (κ3) is 2.94. The van der Waals surface area contributed by atoms with Gasteiger partial charge in [-0.05, 0) is 13.0 Å². The summed E-state index contributed by atoms with van der Waals surface area (Å²) in [6, 6.07) is 22.3. The number of nitrogens with zero attached hydrogens (tertiary/aromatic N) is 1. The summed E-state index contributed by atoms with van der Waals surface area (Å²) in [5.74, 6) is 0.549. The first kappa shape index (κ1) is 15.3. The summed E-state index contributed by atoms with van der Waals surface area (Å²) in [5, 5.41) is 7.05. The van der Waals surface area contributed by atoms with Crippen molar-refractivity contribution in [3.05, 3.63) is 84.1 Å². The molecule has 1 aliphatic rings. The molecule has 0 bridgehead atoms. The second-order valence-electron chi connectivity index (χ2n) is 5.64. The van der Waals surface area contributed by atoms with Crippen LogP contribution < -0.4 is 15.4 Å². The van der Waals surface area contributed by atoms with Crippen molar-refractivity contribution in [2.24, 2.45) is 0 Å². The summed E-state index contributed by atoms with van der Waals surface area (Å²) < 4.78 is 5.66. The van der Waals surface area contributed by atoms with Crippen LogP contribution in [0.4, 0.5) is 11.4 Å². The minimum absolute atomic E-state index is 0.549. The molecule has 2 heterocycles. The van der Waals surface area contributed by atoms with E-state index in [4.69, 9.17) is 4.74 Å². The van der Waals surface area contributed by atoms with Gasteiger partial charge in [-0.15, -0.1) is 0 Å². The number of pyridine rings is 1. The normalized spacial score (nSPS) is 12.8. The van der Waals surface area contributed by atoms with E-state index in [0.29, 0.717) is 12.5 Å². The first-order valence-electron chi connectivity index (χ1n) is 8.30. The third-order valence-corrected chi connectivity index (χ3v) is 4.02. The van der Waals surface area contributed by atoms with Crippen LogP contribution in [0.5, 0.6) is 5.88 Å². The highest BCUT2D eigenvalue weighted by molar-refractivity contribution is 6.06. The van der Waals surface area contributed by atoms with Gasteiger partial charge < -0.3 is 15.4 Å². The van der Waals surface area contributed by atoms with Crippen LogP contribution in [-0.2, 0) is 0 Å². The average Bonchev–Trinajstić information content (AvgIpc) is 2.69. The van der Waals surface area contributed by atoms with Gasteiger partial charge in [0.1, 0.15) is 5.69 Å². The molecule has 0 aliphatic carbocycles. The lowest BCUT2D eigenvalue weighted by Gasteiger charge is -2.27. The second-order valence-corrected chi connectivity index (χ2v) is 5.64. The van der Waals surface area contributed by atoms with Crippen molar-refractivity contribution >= 4 is 22.8 Å². The molecular formula is C21H18N3O. The van der Waals surface area contributed by atoms with Crippen molar-refractivity contribution in [3.63, 3.8) is 0 Å². The Morgan fingerprint density at radius 1 is 0.880 bits per heavy atom. The SMILES string of the molecule is CCOc1n[c]cc2c1NC(c1ccccc1)=C(c1ccccc1)N2. The Hall–Kier alpha value is -3.27. The van der Waals surface area contributed by atoms with Crippen molar-refractivity contribution in [1.29, 1.82) is 0 Å². The van der Waals surface area contributed by atoms with Gasteiger partial charge in [0, 0.05) is 11.1 Å². The van der Waals surface area contributed by atoms with Gasteiger partial charge in [-0.3, -0.25) is 0 Å². The largest absolute Gasteiger partial charge is 0.476 e. The van der Waals surface area contributed by atoms with E-state index in [2.05, 4.69) is 46.1 Å². The summed E-state index contributed by atoms with van der Waals surface area (Å²) in [7, 11) is 0. The molecule has 3 aromatic rings. The van der Waals surface area contributed by atoms with Crippen molar-refractivity contribution in [1.82, 2.24) is 4.98 Å². The highest BCUT2D eigenvalue weighted by Crippen LogP contribution is 2.41. The maximum atomic E-state index is 5.66. The van der Waals surface area contributed by atoms with Crippen molar-refractivity contribution < 1.29 is 4.74 Å². The maximum Gasteiger partial charge on any atom is 0.240 e. The molecule has 1 radical (unpaired) electrons. The van der Waals surface area contributed by atoms with E-state index in [1.54, 1.807) is 0 Å². The smallest absolute Gasteiger partial charge is 0.240 e. The summed E-state index contributed by atoms with van der Waals surface area (Å²) in [5.41, 5.74) is 5.94. The molecule has 0 unspecified atom stereocenters. The molecule has 1 aromatic heterocycles. The van der Waals surface area contributed by atoms with Crippen LogP contribution in [0.1, 0.15) is 18.1 Å². The highest BCUT2D eigenvalue weighted by atomic mass is 16.5. The molecule has 25 heavy (non-hydrogen) atoms. The Labute approximate surface area is 147 Å². The lowest BCUT2D eigenvalue weighted by molar-refractivity contribution is 0.328. The number of rotatable bonds is 4. The van der Waals surface area contributed by atoms with Crippen LogP contribution in [0.25, 0.3) is 11.4 Å². The summed E-state index contributed by atoms with van der Waals surface area (Å²) in [6.45, 7) is 2.50. The van der Waals surface area contributed by atoms with E-state index in [9.17, 15) is 0 Å². The molecule has 123 valence electrons. The van der Waals surface area contributed by atoms with Gasteiger partial charge >= 0.3 is 0 Å². The van der Waals surface area contributed by atoms with Crippen LogP contribution in [0.2, 0.25) is 0 Å². The molecule has 2 aromatic carbocycles.